The molecule has 2 fully saturated rings. The molecule has 1 aromatic carbocycles. The van der Waals surface area contributed by atoms with E-state index in [1.807, 2.05) is 0 Å². The highest BCUT2D eigenvalue weighted by Crippen LogP contribution is 2.46. The zero-order valence-corrected chi connectivity index (χ0v) is 11.7. The zero-order chi connectivity index (χ0) is 11.0. The summed E-state index contributed by atoms with van der Waals surface area (Å²) in [5.41, 5.74) is 2.14. The highest BCUT2D eigenvalue weighted by atomic mass is 127. The molecule has 86 valence electrons. The molecule has 1 aliphatic carbocycles. The first-order valence-corrected chi connectivity index (χ1v) is 7.37. The molecule has 1 heterocycles. The SMILES string of the molecule is Ic1ccccc1N1CC2(CCCCC2)C1. The summed E-state index contributed by atoms with van der Waals surface area (Å²) in [5.74, 6) is 0. The first kappa shape index (κ1) is 10.9. The van der Waals surface area contributed by atoms with Gasteiger partial charge in [-0.05, 0) is 47.6 Å². The lowest BCUT2D eigenvalue weighted by Crippen LogP contribution is -2.57. The van der Waals surface area contributed by atoms with Crippen molar-refractivity contribution in [1.29, 1.82) is 0 Å². The maximum atomic E-state index is 2.56. The van der Waals surface area contributed by atoms with Crippen molar-refractivity contribution in [3.8, 4) is 0 Å². The predicted octanol–water partition coefficient (Wildman–Crippen LogP) is 4.06. The summed E-state index contributed by atoms with van der Waals surface area (Å²) in [4.78, 5) is 2.56. The average molecular weight is 327 g/mol. The van der Waals surface area contributed by atoms with Gasteiger partial charge in [-0.2, -0.15) is 0 Å². The van der Waals surface area contributed by atoms with E-state index in [4.69, 9.17) is 0 Å². The highest BCUT2D eigenvalue weighted by Gasteiger charge is 2.43. The molecule has 2 heteroatoms. The van der Waals surface area contributed by atoms with Gasteiger partial charge < -0.3 is 4.90 Å². The van der Waals surface area contributed by atoms with Gasteiger partial charge in [-0.3, -0.25) is 0 Å². The van der Waals surface area contributed by atoms with Gasteiger partial charge in [-0.25, -0.2) is 0 Å². The molecule has 0 unspecified atom stereocenters. The Labute approximate surface area is 111 Å². The van der Waals surface area contributed by atoms with Gasteiger partial charge in [0.15, 0.2) is 0 Å². The van der Waals surface area contributed by atoms with Gasteiger partial charge in [-0.15, -0.1) is 0 Å². The standard InChI is InChI=1S/C14H18IN/c15-12-6-2-3-7-13(12)16-10-14(11-16)8-4-1-5-9-14/h2-3,6-7H,1,4-5,8-11H2. The second-order valence-electron chi connectivity index (χ2n) is 5.37. The lowest BCUT2D eigenvalue weighted by molar-refractivity contribution is 0.139. The second kappa shape index (κ2) is 4.21. The Hall–Kier alpha value is -0.250. The lowest BCUT2D eigenvalue weighted by atomic mass is 9.68. The molecule has 1 saturated heterocycles. The highest BCUT2D eigenvalue weighted by molar-refractivity contribution is 14.1. The summed E-state index contributed by atoms with van der Waals surface area (Å²) >= 11 is 2.45. The van der Waals surface area contributed by atoms with Gasteiger partial charge in [0.05, 0.1) is 5.69 Å². The van der Waals surface area contributed by atoms with E-state index in [2.05, 4.69) is 51.8 Å². The van der Waals surface area contributed by atoms with Crippen LogP contribution in [0.2, 0.25) is 0 Å². The summed E-state index contributed by atoms with van der Waals surface area (Å²) in [5, 5.41) is 0. The van der Waals surface area contributed by atoms with Crippen LogP contribution < -0.4 is 4.90 Å². The fraction of sp³-hybridized carbons (Fsp3) is 0.571. The van der Waals surface area contributed by atoms with E-state index in [9.17, 15) is 0 Å². The Morgan fingerprint density at radius 2 is 1.69 bits per heavy atom. The minimum absolute atomic E-state index is 0.692. The third-order valence-corrected chi connectivity index (χ3v) is 5.07. The lowest BCUT2D eigenvalue weighted by Gasteiger charge is -2.53. The molecule has 16 heavy (non-hydrogen) atoms. The van der Waals surface area contributed by atoms with Gasteiger partial charge in [-0.1, -0.05) is 31.4 Å². The first-order chi connectivity index (χ1) is 7.79. The largest absolute Gasteiger partial charge is 0.369 e. The van der Waals surface area contributed by atoms with Crippen molar-refractivity contribution in [2.45, 2.75) is 32.1 Å². The molecule has 0 bridgehead atoms. The Balaban J connectivity index is 1.71. The minimum atomic E-state index is 0.692. The summed E-state index contributed by atoms with van der Waals surface area (Å²) in [6.07, 6.45) is 7.31. The van der Waals surface area contributed by atoms with Gasteiger partial charge in [0.1, 0.15) is 0 Å². The van der Waals surface area contributed by atoms with Crippen LogP contribution in [0.5, 0.6) is 0 Å². The van der Waals surface area contributed by atoms with Crippen LogP contribution >= 0.6 is 22.6 Å². The topological polar surface area (TPSA) is 3.24 Å². The van der Waals surface area contributed by atoms with Crippen molar-refractivity contribution < 1.29 is 0 Å². The van der Waals surface area contributed by atoms with E-state index in [1.165, 1.54) is 54.5 Å². The normalized spacial score (nSPS) is 23.2. The number of hydrogen-bond donors (Lipinski definition) is 0. The predicted molar refractivity (Wildman–Crippen MR) is 76.9 cm³/mol. The van der Waals surface area contributed by atoms with Gasteiger partial charge in [0.25, 0.3) is 0 Å². The third kappa shape index (κ3) is 1.85. The van der Waals surface area contributed by atoms with Crippen LogP contribution in [-0.2, 0) is 0 Å². The molecule has 1 aliphatic heterocycles. The maximum Gasteiger partial charge on any atom is 0.0502 e. The van der Waals surface area contributed by atoms with Crippen molar-refractivity contribution in [1.82, 2.24) is 0 Å². The zero-order valence-electron chi connectivity index (χ0n) is 9.58. The molecule has 0 N–H and O–H groups in total. The van der Waals surface area contributed by atoms with Gasteiger partial charge in [0.2, 0.25) is 0 Å². The number of halogens is 1. The molecule has 2 aliphatic rings. The van der Waals surface area contributed by atoms with Crippen LogP contribution in [0.4, 0.5) is 5.69 Å². The van der Waals surface area contributed by atoms with Crippen LogP contribution in [-0.4, -0.2) is 13.1 Å². The fourth-order valence-electron chi connectivity index (χ4n) is 3.26. The van der Waals surface area contributed by atoms with E-state index in [-0.39, 0.29) is 0 Å². The summed E-state index contributed by atoms with van der Waals surface area (Å²) < 4.78 is 1.39. The van der Waals surface area contributed by atoms with Crippen LogP contribution in [0.25, 0.3) is 0 Å². The van der Waals surface area contributed by atoms with Crippen molar-refractivity contribution in [3.05, 3.63) is 27.8 Å². The van der Waals surface area contributed by atoms with E-state index in [0.29, 0.717) is 5.41 Å². The molecule has 1 nitrogen and oxygen atoms in total. The average Bonchev–Trinajstić information content (AvgIpc) is 2.28. The quantitative estimate of drug-likeness (QED) is 0.703. The molecule has 0 radical (unpaired) electrons. The molecule has 0 amide bonds. The Bertz CT molecular complexity index is 374. The van der Waals surface area contributed by atoms with Crippen molar-refractivity contribution in [3.63, 3.8) is 0 Å². The van der Waals surface area contributed by atoms with Crippen LogP contribution in [0, 0.1) is 8.99 Å². The number of hydrogen-bond acceptors (Lipinski definition) is 1. The van der Waals surface area contributed by atoms with Gasteiger partial charge >= 0.3 is 0 Å². The Kier molecular flexibility index (Phi) is 2.86. The minimum Gasteiger partial charge on any atom is -0.369 e. The number of nitrogens with zero attached hydrogens (tertiary/aromatic N) is 1. The number of rotatable bonds is 1. The summed E-state index contributed by atoms with van der Waals surface area (Å²) in [6.45, 7) is 2.60. The molecular formula is C14H18IN. The maximum absolute atomic E-state index is 2.56. The molecule has 1 spiro atoms. The monoisotopic (exact) mass is 327 g/mol. The van der Waals surface area contributed by atoms with E-state index < -0.39 is 0 Å². The Morgan fingerprint density at radius 3 is 2.38 bits per heavy atom. The summed E-state index contributed by atoms with van der Waals surface area (Å²) in [7, 11) is 0. The van der Waals surface area contributed by atoms with E-state index in [1.54, 1.807) is 0 Å². The number of para-hydroxylation sites is 1. The first-order valence-electron chi connectivity index (χ1n) is 6.29. The second-order valence-corrected chi connectivity index (χ2v) is 6.53. The Morgan fingerprint density at radius 1 is 1.00 bits per heavy atom. The molecular weight excluding hydrogens is 309 g/mol. The fourth-order valence-corrected chi connectivity index (χ4v) is 3.99. The third-order valence-electron chi connectivity index (χ3n) is 4.16. The van der Waals surface area contributed by atoms with Crippen molar-refractivity contribution in [2.24, 2.45) is 5.41 Å². The molecule has 0 atom stereocenters. The van der Waals surface area contributed by atoms with E-state index in [0.717, 1.165) is 0 Å². The number of anilines is 1. The van der Waals surface area contributed by atoms with E-state index >= 15 is 0 Å². The molecule has 3 rings (SSSR count). The van der Waals surface area contributed by atoms with Crippen molar-refractivity contribution in [2.75, 3.05) is 18.0 Å². The summed E-state index contributed by atoms with van der Waals surface area (Å²) in [6, 6.07) is 8.75. The molecule has 1 saturated carbocycles. The number of benzene rings is 1. The van der Waals surface area contributed by atoms with Crippen LogP contribution in [0.15, 0.2) is 24.3 Å². The molecule has 0 aromatic heterocycles. The van der Waals surface area contributed by atoms with Crippen molar-refractivity contribution >= 4 is 28.3 Å². The smallest absolute Gasteiger partial charge is 0.0502 e. The van der Waals surface area contributed by atoms with Crippen LogP contribution in [0.3, 0.4) is 0 Å². The van der Waals surface area contributed by atoms with Crippen LogP contribution in [0.1, 0.15) is 32.1 Å². The van der Waals surface area contributed by atoms with Gasteiger partial charge in [0, 0.05) is 22.1 Å². The molecule has 1 aromatic rings.